The van der Waals surface area contributed by atoms with Crippen LogP contribution in [0.15, 0.2) is 0 Å². The van der Waals surface area contributed by atoms with Crippen molar-refractivity contribution in [1.82, 2.24) is 0 Å². The fourth-order valence-corrected chi connectivity index (χ4v) is 0. The van der Waals surface area contributed by atoms with Gasteiger partial charge in [0.2, 0.25) is 0 Å². The van der Waals surface area contributed by atoms with Crippen molar-refractivity contribution >= 4 is 31.2 Å². The molecule has 0 aliphatic rings. The average molecular weight is 634 g/mol. The minimum atomic E-state index is -5.17. The van der Waals surface area contributed by atoms with Crippen molar-refractivity contribution in [3.05, 3.63) is 0 Å². The van der Waals surface area contributed by atoms with E-state index in [1.165, 1.54) is 0 Å². The van der Waals surface area contributed by atoms with Crippen molar-refractivity contribution in [1.29, 1.82) is 0 Å². The molecule has 12 nitrogen and oxygen atoms in total. The summed E-state index contributed by atoms with van der Waals surface area (Å²) in [5, 5.41) is 0. The molecule has 0 aromatic heterocycles. The third-order valence-electron chi connectivity index (χ3n) is 0. The van der Waals surface area contributed by atoms with Gasteiger partial charge in [0, 0.05) is 31.2 Å². The Bertz CT molecular complexity index is 341. The summed E-state index contributed by atoms with van der Waals surface area (Å²) in [5.41, 5.74) is 0. The zero-order chi connectivity index (χ0) is 13.5. The molecule has 2 radical (unpaired) electrons. The molecule has 0 rings (SSSR count). The predicted molar refractivity (Wildman–Crippen MR) is 31.4 cm³/mol. The van der Waals surface area contributed by atoms with Crippen molar-refractivity contribution in [2.24, 2.45) is 0 Å². The van der Waals surface area contributed by atoms with Gasteiger partial charge in [-0.3, -0.25) is 25.3 Å². The smallest absolute Gasteiger partial charge is 0.759 e. The molecule has 0 unspecified atom stereocenters. The topological polar surface area (TPSA) is 241 Å². The van der Waals surface area contributed by atoms with Crippen molar-refractivity contribution < 1.29 is 146 Å². The van der Waals surface area contributed by atoms with E-state index in [-0.39, 0.29) is 93.8 Å². The molecule has 0 aromatic carbocycles. The van der Waals surface area contributed by atoms with Crippen LogP contribution < -0.4 is 0 Å². The molecule has 0 heterocycles. The van der Waals surface area contributed by atoms with Gasteiger partial charge in [0.25, 0.3) is 0 Å². The van der Waals surface area contributed by atoms with Crippen LogP contribution in [-0.4, -0.2) is 52.6 Å². The molecule has 17 heteroatoms. The van der Waals surface area contributed by atoms with Crippen LogP contribution in [0.4, 0.5) is 0 Å². The number of hydrogen-bond acceptors (Lipinski definition) is 12. The van der Waals surface area contributed by atoms with E-state index in [2.05, 4.69) is 0 Å². The molecule has 0 fully saturated rings. The second-order valence-electron chi connectivity index (χ2n) is 1.22. The first-order chi connectivity index (χ1) is 6.00. The SMILES string of the molecule is O=S(=O)([O-])[O-].O=S(=O)([O-])[O-].O=S(=O)([O-])[O-].[Yb+3].[Yb+3]. The van der Waals surface area contributed by atoms with Crippen LogP contribution in [0.5, 0.6) is 0 Å². The zero-order valence-corrected chi connectivity index (χ0v) is 12.5. The van der Waals surface area contributed by atoms with Gasteiger partial charge in [-0.2, -0.15) is 0 Å². The van der Waals surface area contributed by atoms with Gasteiger partial charge in [0.1, 0.15) is 0 Å². The van der Waals surface area contributed by atoms with E-state index in [4.69, 9.17) is 52.6 Å². The van der Waals surface area contributed by atoms with Gasteiger partial charge in [-0.25, -0.2) is 0 Å². The first-order valence-electron chi connectivity index (χ1n) is 2.00. The quantitative estimate of drug-likeness (QED) is 0.183. The molecular weight excluding hydrogens is 634 g/mol. The second kappa shape index (κ2) is 13.6. The third-order valence-corrected chi connectivity index (χ3v) is 0. The minimum absolute atomic E-state index is 0. The minimum Gasteiger partial charge on any atom is -0.759 e. The zero-order valence-electron chi connectivity index (χ0n) is 6.66. The van der Waals surface area contributed by atoms with Crippen molar-refractivity contribution in [3.63, 3.8) is 0 Å². The predicted octanol–water partition coefficient (Wildman–Crippen LogP) is -4.01. The summed E-state index contributed by atoms with van der Waals surface area (Å²) >= 11 is 0. The van der Waals surface area contributed by atoms with Gasteiger partial charge < -0.3 is 27.3 Å². The van der Waals surface area contributed by atoms with E-state index < -0.39 is 31.2 Å². The maximum atomic E-state index is 8.52. The van der Waals surface area contributed by atoms with E-state index in [1.807, 2.05) is 0 Å². The van der Waals surface area contributed by atoms with E-state index in [1.54, 1.807) is 0 Å². The summed E-state index contributed by atoms with van der Waals surface area (Å²) in [6, 6.07) is 0. The summed E-state index contributed by atoms with van der Waals surface area (Å²) in [4.78, 5) is 0. The Kier molecular flexibility index (Phi) is 25.5. The van der Waals surface area contributed by atoms with Crippen LogP contribution >= 0.6 is 0 Å². The summed E-state index contributed by atoms with van der Waals surface area (Å²) < 4.78 is 102. The summed E-state index contributed by atoms with van der Waals surface area (Å²) in [6.07, 6.45) is 0. The maximum Gasteiger partial charge on any atom is 3.00 e. The average Bonchev–Trinajstić information content (AvgIpc) is 1.41. The van der Waals surface area contributed by atoms with Gasteiger partial charge in [-0.05, 0) is 0 Å². The first kappa shape index (κ1) is 31.8. The van der Waals surface area contributed by atoms with Gasteiger partial charge in [-0.15, -0.1) is 0 Å². The van der Waals surface area contributed by atoms with Gasteiger partial charge >= 0.3 is 93.8 Å². The molecule has 0 aliphatic heterocycles. The number of hydrogen-bond donors (Lipinski definition) is 0. The normalized spacial score (nSPS) is 10.2. The van der Waals surface area contributed by atoms with Crippen molar-refractivity contribution in [2.45, 2.75) is 0 Å². The summed E-state index contributed by atoms with van der Waals surface area (Å²) in [5.74, 6) is 0. The van der Waals surface area contributed by atoms with Crippen LogP contribution in [0.3, 0.4) is 0 Å². The molecule has 0 bridgehead atoms. The molecule has 0 saturated heterocycles. The van der Waals surface area contributed by atoms with Crippen LogP contribution in [0, 0.1) is 93.8 Å². The van der Waals surface area contributed by atoms with Gasteiger partial charge in [-0.1, -0.05) is 0 Å². The Hall–Kier alpha value is 2.65. The Morgan fingerprint density at radius 2 is 0.412 bits per heavy atom. The fourth-order valence-electron chi connectivity index (χ4n) is 0. The van der Waals surface area contributed by atoms with E-state index in [9.17, 15) is 0 Å². The molecule has 0 spiro atoms. The molecular formula is O12S3Yb2. The van der Waals surface area contributed by atoms with Crippen molar-refractivity contribution in [3.8, 4) is 0 Å². The Labute approximate surface area is 174 Å². The molecule has 0 N–H and O–H groups in total. The van der Waals surface area contributed by atoms with E-state index >= 15 is 0 Å². The van der Waals surface area contributed by atoms with E-state index in [0.717, 1.165) is 0 Å². The molecule has 0 aromatic rings. The van der Waals surface area contributed by atoms with Crippen LogP contribution in [0.25, 0.3) is 0 Å². The molecule has 0 amide bonds. The Balaban J connectivity index is -0.0000000400. The van der Waals surface area contributed by atoms with Crippen molar-refractivity contribution in [2.75, 3.05) is 0 Å². The molecule has 17 heavy (non-hydrogen) atoms. The van der Waals surface area contributed by atoms with E-state index in [0.29, 0.717) is 0 Å². The second-order valence-corrected chi connectivity index (χ2v) is 3.67. The van der Waals surface area contributed by atoms with Gasteiger partial charge in [0.05, 0.1) is 0 Å². The monoisotopic (exact) mass is 636 g/mol. The Morgan fingerprint density at radius 3 is 0.412 bits per heavy atom. The first-order valence-corrected chi connectivity index (χ1v) is 6.00. The number of rotatable bonds is 0. The van der Waals surface area contributed by atoms with Crippen LogP contribution in [-0.2, 0) is 31.2 Å². The van der Waals surface area contributed by atoms with Crippen LogP contribution in [0.1, 0.15) is 0 Å². The molecule has 0 atom stereocenters. The standard InChI is InChI=1S/3H2O4S.2Yb/c3*1-5(2,3)4;;/h3*(H2,1,2,3,4);;/q;;;2*+3/p-6. The summed E-state index contributed by atoms with van der Waals surface area (Å²) in [6.45, 7) is 0. The largest absolute Gasteiger partial charge is 3.00 e. The third kappa shape index (κ3) is 737. The molecule has 0 saturated carbocycles. The van der Waals surface area contributed by atoms with Crippen LogP contribution in [0.2, 0.25) is 0 Å². The van der Waals surface area contributed by atoms with Gasteiger partial charge in [0.15, 0.2) is 0 Å². The molecule has 0 aliphatic carbocycles. The Morgan fingerprint density at radius 1 is 0.412 bits per heavy atom. The molecule has 118 valence electrons. The maximum absolute atomic E-state index is 8.52. The summed E-state index contributed by atoms with van der Waals surface area (Å²) in [7, 11) is -15.5. The fraction of sp³-hybridized carbons (Fsp3) is 0.